The van der Waals surface area contributed by atoms with Crippen LogP contribution in [0.2, 0.25) is 0 Å². The van der Waals surface area contributed by atoms with Crippen LogP contribution in [0.4, 0.5) is 5.69 Å². The number of nitrogens with one attached hydrogen (secondary N) is 1. The lowest BCUT2D eigenvalue weighted by molar-refractivity contribution is 0.199. The molecule has 2 N–H and O–H groups in total. The van der Waals surface area contributed by atoms with E-state index < -0.39 is 0 Å². The third-order valence-corrected chi connectivity index (χ3v) is 2.64. The third kappa shape index (κ3) is 4.73. The normalized spacial score (nSPS) is 10.5. The standard InChI is InChI=1S/C13H22N2O2/c1-15(8-9-16)13-6-4-3-5-12(13)11-14-7-10-17-2/h3-6,14,16H,7-11H2,1-2H3. The summed E-state index contributed by atoms with van der Waals surface area (Å²) in [6.45, 7) is 3.19. The first-order valence-electron chi connectivity index (χ1n) is 5.89. The van der Waals surface area contributed by atoms with E-state index >= 15 is 0 Å². The fraction of sp³-hybridized carbons (Fsp3) is 0.538. The van der Waals surface area contributed by atoms with E-state index in [-0.39, 0.29) is 6.61 Å². The smallest absolute Gasteiger partial charge is 0.0606 e. The van der Waals surface area contributed by atoms with Crippen molar-refractivity contribution in [3.8, 4) is 0 Å². The zero-order valence-electron chi connectivity index (χ0n) is 10.6. The molecule has 0 aromatic heterocycles. The highest BCUT2D eigenvalue weighted by Gasteiger charge is 2.05. The van der Waals surface area contributed by atoms with Crippen LogP contribution >= 0.6 is 0 Å². The van der Waals surface area contributed by atoms with Crippen molar-refractivity contribution in [2.75, 3.05) is 45.4 Å². The van der Waals surface area contributed by atoms with Crippen molar-refractivity contribution in [3.63, 3.8) is 0 Å². The summed E-state index contributed by atoms with van der Waals surface area (Å²) in [5, 5.41) is 12.3. The van der Waals surface area contributed by atoms with Gasteiger partial charge < -0.3 is 20.1 Å². The number of likely N-dealkylation sites (N-methyl/N-ethyl adjacent to an activating group) is 1. The van der Waals surface area contributed by atoms with Crippen LogP contribution < -0.4 is 10.2 Å². The number of anilines is 1. The van der Waals surface area contributed by atoms with Gasteiger partial charge in [-0.1, -0.05) is 18.2 Å². The van der Waals surface area contributed by atoms with Gasteiger partial charge in [-0.2, -0.15) is 0 Å². The summed E-state index contributed by atoms with van der Waals surface area (Å²) in [4.78, 5) is 2.06. The molecular weight excluding hydrogens is 216 g/mol. The molecule has 0 radical (unpaired) electrons. The van der Waals surface area contributed by atoms with E-state index in [0.29, 0.717) is 13.2 Å². The Morgan fingerprint density at radius 3 is 2.82 bits per heavy atom. The van der Waals surface area contributed by atoms with Crippen LogP contribution in [0.3, 0.4) is 0 Å². The summed E-state index contributed by atoms with van der Waals surface area (Å²) in [5.41, 5.74) is 2.39. The summed E-state index contributed by atoms with van der Waals surface area (Å²) in [5.74, 6) is 0. The number of benzene rings is 1. The molecule has 96 valence electrons. The first kappa shape index (κ1) is 14.0. The number of aliphatic hydroxyl groups excluding tert-OH is 1. The average molecular weight is 238 g/mol. The van der Waals surface area contributed by atoms with Crippen molar-refractivity contribution in [1.29, 1.82) is 0 Å². The van der Waals surface area contributed by atoms with Gasteiger partial charge in [0.15, 0.2) is 0 Å². The number of ether oxygens (including phenoxy) is 1. The number of para-hydroxylation sites is 1. The van der Waals surface area contributed by atoms with Gasteiger partial charge in [0.25, 0.3) is 0 Å². The van der Waals surface area contributed by atoms with Crippen LogP contribution in [0.25, 0.3) is 0 Å². The van der Waals surface area contributed by atoms with Crippen LogP contribution in [-0.2, 0) is 11.3 Å². The maximum Gasteiger partial charge on any atom is 0.0606 e. The highest BCUT2D eigenvalue weighted by Crippen LogP contribution is 2.18. The van der Waals surface area contributed by atoms with E-state index in [0.717, 1.165) is 18.8 Å². The van der Waals surface area contributed by atoms with Crippen LogP contribution in [0.5, 0.6) is 0 Å². The van der Waals surface area contributed by atoms with E-state index in [1.165, 1.54) is 5.56 Å². The lowest BCUT2D eigenvalue weighted by atomic mass is 10.1. The molecule has 0 atom stereocenters. The highest BCUT2D eigenvalue weighted by atomic mass is 16.5. The number of nitrogens with zero attached hydrogens (tertiary/aromatic N) is 1. The van der Waals surface area contributed by atoms with Gasteiger partial charge in [0.2, 0.25) is 0 Å². The second kappa shape index (κ2) is 8.06. The predicted octanol–water partition coefficient (Wildman–Crippen LogP) is 0.851. The maximum absolute atomic E-state index is 8.96. The molecule has 0 heterocycles. The molecule has 0 saturated heterocycles. The number of rotatable bonds is 8. The molecule has 17 heavy (non-hydrogen) atoms. The molecule has 0 fully saturated rings. The van der Waals surface area contributed by atoms with Gasteiger partial charge in [0.05, 0.1) is 13.2 Å². The van der Waals surface area contributed by atoms with Crippen LogP contribution in [0.15, 0.2) is 24.3 Å². The molecule has 4 nitrogen and oxygen atoms in total. The molecule has 1 aromatic rings. The second-order valence-electron chi connectivity index (χ2n) is 3.94. The summed E-state index contributed by atoms with van der Waals surface area (Å²) >= 11 is 0. The zero-order chi connectivity index (χ0) is 12.5. The Morgan fingerprint density at radius 1 is 1.35 bits per heavy atom. The van der Waals surface area contributed by atoms with Crippen LogP contribution in [0, 0.1) is 0 Å². The summed E-state index contributed by atoms with van der Waals surface area (Å²) in [6, 6.07) is 8.22. The molecule has 1 rings (SSSR count). The van der Waals surface area contributed by atoms with Gasteiger partial charge in [-0.05, 0) is 11.6 Å². The van der Waals surface area contributed by atoms with Crippen molar-refractivity contribution >= 4 is 5.69 Å². The molecule has 1 aromatic carbocycles. The van der Waals surface area contributed by atoms with Crippen LogP contribution in [0.1, 0.15) is 5.56 Å². The van der Waals surface area contributed by atoms with Crippen molar-refractivity contribution in [2.24, 2.45) is 0 Å². The van der Waals surface area contributed by atoms with E-state index in [1.807, 2.05) is 19.2 Å². The van der Waals surface area contributed by atoms with Crippen molar-refractivity contribution in [3.05, 3.63) is 29.8 Å². The molecule has 0 aliphatic carbocycles. The fourth-order valence-corrected chi connectivity index (χ4v) is 1.70. The molecule has 0 amide bonds. The minimum absolute atomic E-state index is 0.169. The lowest BCUT2D eigenvalue weighted by Crippen LogP contribution is -2.24. The van der Waals surface area contributed by atoms with Crippen molar-refractivity contribution in [2.45, 2.75) is 6.54 Å². The third-order valence-electron chi connectivity index (χ3n) is 2.64. The van der Waals surface area contributed by atoms with Gasteiger partial charge >= 0.3 is 0 Å². The Labute approximate surface area is 103 Å². The molecule has 0 aliphatic heterocycles. The summed E-state index contributed by atoms with van der Waals surface area (Å²) < 4.78 is 4.99. The molecule has 0 aliphatic rings. The predicted molar refractivity (Wildman–Crippen MR) is 70.4 cm³/mol. The summed E-state index contributed by atoms with van der Waals surface area (Å²) in [6.07, 6.45) is 0. The minimum Gasteiger partial charge on any atom is -0.395 e. The van der Waals surface area contributed by atoms with Gasteiger partial charge in [-0.3, -0.25) is 0 Å². The monoisotopic (exact) mass is 238 g/mol. The van der Waals surface area contributed by atoms with Crippen molar-refractivity contribution < 1.29 is 9.84 Å². The van der Waals surface area contributed by atoms with Gasteiger partial charge in [-0.25, -0.2) is 0 Å². The van der Waals surface area contributed by atoms with E-state index in [9.17, 15) is 0 Å². The Bertz CT molecular complexity index is 318. The van der Waals surface area contributed by atoms with Gasteiger partial charge in [-0.15, -0.1) is 0 Å². The van der Waals surface area contributed by atoms with E-state index in [2.05, 4.69) is 22.3 Å². The molecule has 4 heteroatoms. The topological polar surface area (TPSA) is 44.7 Å². The number of methoxy groups -OCH3 is 1. The highest BCUT2D eigenvalue weighted by molar-refractivity contribution is 5.52. The SMILES string of the molecule is COCCNCc1ccccc1N(C)CCO. The van der Waals surface area contributed by atoms with E-state index in [1.54, 1.807) is 7.11 Å². The fourth-order valence-electron chi connectivity index (χ4n) is 1.70. The number of hydrogen-bond donors (Lipinski definition) is 2. The Kier molecular flexibility index (Phi) is 6.62. The minimum atomic E-state index is 0.169. The zero-order valence-corrected chi connectivity index (χ0v) is 10.6. The van der Waals surface area contributed by atoms with Gasteiger partial charge in [0.1, 0.15) is 0 Å². The molecule has 0 spiro atoms. The first-order valence-corrected chi connectivity index (χ1v) is 5.89. The molecule has 0 bridgehead atoms. The second-order valence-corrected chi connectivity index (χ2v) is 3.94. The molecule has 0 saturated carbocycles. The first-order chi connectivity index (χ1) is 8.29. The lowest BCUT2D eigenvalue weighted by Gasteiger charge is -2.21. The molecule has 0 unspecified atom stereocenters. The Morgan fingerprint density at radius 2 is 2.12 bits per heavy atom. The number of hydrogen-bond acceptors (Lipinski definition) is 4. The Hall–Kier alpha value is -1.10. The largest absolute Gasteiger partial charge is 0.395 e. The van der Waals surface area contributed by atoms with Crippen molar-refractivity contribution in [1.82, 2.24) is 5.32 Å². The molecular formula is C13H22N2O2. The average Bonchev–Trinajstić information content (AvgIpc) is 2.35. The van der Waals surface area contributed by atoms with Gasteiger partial charge in [0, 0.05) is 39.5 Å². The van der Waals surface area contributed by atoms with Crippen LogP contribution in [-0.4, -0.2) is 45.6 Å². The summed E-state index contributed by atoms with van der Waals surface area (Å²) in [7, 11) is 3.69. The van der Waals surface area contributed by atoms with E-state index in [4.69, 9.17) is 9.84 Å². The maximum atomic E-state index is 8.96. The number of aliphatic hydroxyl groups is 1. The Balaban J connectivity index is 2.57. The quantitative estimate of drug-likeness (QED) is 0.659.